The molecule has 0 fully saturated rings. The molecule has 12 heavy (non-hydrogen) atoms. The van der Waals surface area contributed by atoms with E-state index >= 15 is 0 Å². The van der Waals surface area contributed by atoms with Gasteiger partial charge in [-0.2, -0.15) is 0 Å². The number of aliphatic hydroxyl groups excluding tert-OH is 2. The molecule has 0 aliphatic carbocycles. The third kappa shape index (κ3) is 22.5. The monoisotopic (exact) mass is 200 g/mol. The first kappa shape index (κ1) is 14.6. The third-order valence-corrected chi connectivity index (χ3v) is 1.81. The maximum atomic E-state index is 9.93. The van der Waals surface area contributed by atoms with Crippen molar-refractivity contribution in [2.75, 3.05) is 12.8 Å². The van der Waals surface area contributed by atoms with Gasteiger partial charge in [0.2, 0.25) is 0 Å². The Morgan fingerprint density at radius 3 is 1.75 bits per heavy atom. The van der Waals surface area contributed by atoms with Crippen molar-refractivity contribution < 1.29 is 24.6 Å². The van der Waals surface area contributed by atoms with Crippen LogP contribution in [0.4, 0.5) is 0 Å². The molecule has 0 saturated heterocycles. The van der Waals surface area contributed by atoms with Crippen molar-refractivity contribution >= 4 is 7.60 Å². The normalized spacial score (nSPS) is 13.2. The molecule has 0 radical (unpaired) electrons. The first-order valence-electron chi connectivity index (χ1n) is 3.67. The summed E-state index contributed by atoms with van der Waals surface area (Å²) in [7, 11) is -3.67. The first-order valence-corrected chi connectivity index (χ1v) is 5.46. The van der Waals surface area contributed by atoms with Gasteiger partial charge in [-0.1, -0.05) is 6.92 Å². The minimum atomic E-state index is -3.67. The SMILES string of the molecule is CC(O)CO.CCCP(=O)(O)O. The summed E-state index contributed by atoms with van der Waals surface area (Å²) in [5.74, 6) is 0. The highest BCUT2D eigenvalue weighted by molar-refractivity contribution is 7.51. The predicted molar refractivity (Wildman–Crippen MR) is 46.0 cm³/mol. The summed E-state index contributed by atoms with van der Waals surface area (Å²) in [4.78, 5) is 16.3. The van der Waals surface area contributed by atoms with Crippen LogP contribution in [0.15, 0.2) is 0 Å². The molecule has 1 unspecified atom stereocenters. The zero-order valence-electron chi connectivity index (χ0n) is 7.34. The third-order valence-electron chi connectivity index (χ3n) is 0.779. The predicted octanol–water partition coefficient (Wildman–Crippen LogP) is -0.0664. The Kier molecular flexibility index (Phi) is 9.37. The fraction of sp³-hybridized carbons (Fsp3) is 1.00. The van der Waals surface area contributed by atoms with Gasteiger partial charge in [0, 0.05) is 6.16 Å². The Labute approximate surface area is 72.2 Å². The quantitative estimate of drug-likeness (QED) is 0.478. The second-order valence-corrected chi connectivity index (χ2v) is 4.20. The summed E-state index contributed by atoms with van der Waals surface area (Å²) in [6.45, 7) is 3.12. The van der Waals surface area contributed by atoms with Crippen LogP contribution in [0.2, 0.25) is 0 Å². The molecule has 1 atom stereocenters. The number of aliphatic hydroxyl groups is 2. The fourth-order valence-electron chi connectivity index (χ4n) is 0.291. The Hall–Kier alpha value is 0.0700. The highest BCUT2D eigenvalue weighted by Crippen LogP contribution is 2.34. The highest BCUT2D eigenvalue weighted by Gasteiger charge is 2.08. The van der Waals surface area contributed by atoms with Gasteiger partial charge in [0.1, 0.15) is 0 Å². The summed E-state index contributed by atoms with van der Waals surface area (Å²) >= 11 is 0. The molecule has 0 aliphatic rings. The van der Waals surface area contributed by atoms with Crippen molar-refractivity contribution in [3.8, 4) is 0 Å². The van der Waals surface area contributed by atoms with E-state index in [1.165, 1.54) is 6.92 Å². The van der Waals surface area contributed by atoms with E-state index in [1.54, 1.807) is 6.92 Å². The Bertz CT molecular complexity index is 130. The molecule has 4 N–H and O–H groups in total. The average Bonchev–Trinajstić information content (AvgIpc) is 1.86. The van der Waals surface area contributed by atoms with Gasteiger partial charge in [-0.05, 0) is 13.3 Å². The molecule has 0 spiro atoms. The summed E-state index contributed by atoms with van der Waals surface area (Å²) < 4.78 is 9.93. The van der Waals surface area contributed by atoms with Gasteiger partial charge in [0.25, 0.3) is 0 Å². The van der Waals surface area contributed by atoms with Gasteiger partial charge in [-0.15, -0.1) is 0 Å². The average molecular weight is 200 g/mol. The fourth-order valence-corrected chi connectivity index (χ4v) is 0.874. The second kappa shape index (κ2) is 7.71. The molecular formula is C6H17O5P. The Morgan fingerprint density at radius 1 is 1.42 bits per heavy atom. The molecule has 0 aliphatic heterocycles. The summed E-state index contributed by atoms with van der Waals surface area (Å²) in [6, 6.07) is 0. The number of hydrogen-bond acceptors (Lipinski definition) is 3. The van der Waals surface area contributed by atoms with E-state index in [4.69, 9.17) is 20.0 Å². The zero-order valence-corrected chi connectivity index (χ0v) is 8.24. The molecule has 6 heteroatoms. The lowest BCUT2D eigenvalue weighted by atomic mass is 10.5. The van der Waals surface area contributed by atoms with E-state index in [1.807, 2.05) is 0 Å². The van der Waals surface area contributed by atoms with Crippen LogP contribution in [-0.2, 0) is 4.57 Å². The van der Waals surface area contributed by atoms with E-state index in [0.29, 0.717) is 6.42 Å². The van der Waals surface area contributed by atoms with Crippen LogP contribution in [0.1, 0.15) is 20.3 Å². The van der Waals surface area contributed by atoms with Gasteiger partial charge in [0.05, 0.1) is 12.7 Å². The van der Waals surface area contributed by atoms with Gasteiger partial charge >= 0.3 is 7.60 Å². The first-order chi connectivity index (χ1) is 5.33. The number of hydrogen-bond donors (Lipinski definition) is 4. The van der Waals surface area contributed by atoms with Crippen molar-refractivity contribution in [1.29, 1.82) is 0 Å². The molecule has 5 nitrogen and oxygen atoms in total. The molecular weight excluding hydrogens is 183 g/mol. The molecule has 0 aromatic rings. The van der Waals surface area contributed by atoms with Gasteiger partial charge in [-0.25, -0.2) is 0 Å². The zero-order chi connectivity index (χ0) is 10.2. The molecule has 76 valence electrons. The van der Waals surface area contributed by atoms with Crippen LogP contribution in [-0.4, -0.2) is 38.9 Å². The largest absolute Gasteiger partial charge is 0.394 e. The van der Waals surface area contributed by atoms with Crippen LogP contribution in [0, 0.1) is 0 Å². The summed E-state index contributed by atoms with van der Waals surface area (Å²) in [5, 5.41) is 16.0. The maximum Gasteiger partial charge on any atom is 0.325 e. The Balaban J connectivity index is 0. The van der Waals surface area contributed by atoms with Crippen molar-refractivity contribution in [3.63, 3.8) is 0 Å². The molecule has 0 rings (SSSR count). The second-order valence-electron chi connectivity index (χ2n) is 2.42. The van der Waals surface area contributed by atoms with E-state index in [0.717, 1.165) is 0 Å². The van der Waals surface area contributed by atoms with Crippen LogP contribution < -0.4 is 0 Å². The number of rotatable bonds is 3. The van der Waals surface area contributed by atoms with E-state index in [2.05, 4.69) is 0 Å². The standard InChI is InChI=1S/C3H9O3P.C3H8O2/c1-2-3-7(4,5)6;1-3(5)2-4/h2-3H2,1H3,(H2,4,5,6);3-5H,2H2,1H3. The van der Waals surface area contributed by atoms with E-state index < -0.39 is 13.7 Å². The smallest absolute Gasteiger partial charge is 0.325 e. The van der Waals surface area contributed by atoms with Crippen molar-refractivity contribution in [1.82, 2.24) is 0 Å². The Morgan fingerprint density at radius 2 is 1.75 bits per heavy atom. The lowest BCUT2D eigenvalue weighted by molar-refractivity contribution is 0.110. The van der Waals surface area contributed by atoms with Gasteiger partial charge < -0.3 is 20.0 Å². The molecule has 0 saturated carbocycles. The summed E-state index contributed by atoms with van der Waals surface area (Å²) in [5.41, 5.74) is 0. The minimum absolute atomic E-state index is 0.00694. The van der Waals surface area contributed by atoms with Crippen LogP contribution >= 0.6 is 7.60 Å². The van der Waals surface area contributed by atoms with Gasteiger partial charge in [0.15, 0.2) is 0 Å². The van der Waals surface area contributed by atoms with Gasteiger partial charge in [-0.3, -0.25) is 4.57 Å². The molecule has 0 bridgehead atoms. The highest BCUT2D eigenvalue weighted by atomic mass is 31.2. The van der Waals surface area contributed by atoms with Crippen LogP contribution in [0.25, 0.3) is 0 Å². The van der Waals surface area contributed by atoms with Crippen molar-refractivity contribution in [2.24, 2.45) is 0 Å². The van der Waals surface area contributed by atoms with Crippen LogP contribution in [0.5, 0.6) is 0 Å². The van der Waals surface area contributed by atoms with Crippen molar-refractivity contribution in [2.45, 2.75) is 26.4 Å². The minimum Gasteiger partial charge on any atom is -0.394 e. The van der Waals surface area contributed by atoms with E-state index in [-0.39, 0.29) is 12.8 Å². The topological polar surface area (TPSA) is 98.0 Å². The molecule has 0 amide bonds. The lowest BCUT2D eigenvalue weighted by Crippen LogP contribution is -2.03. The summed E-state index contributed by atoms with van der Waals surface area (Å²) in [6.07, 6.45) is -0.00733. The molecule has 0 aromatic heterocycles. The lowest BCUT2D eigenvalue weighted by Gasteiger charge is -1.96. The maximum absolute atomic E-state index is 9.93. The van der Waals surface area contributed by atoms with Crippen molar-refractivity contribution in [3.05, 3.63) is 0 Å². The van der Waals surface area contributed by atoms with E-state index in [9.17, 15) is 4.57 Å². The molecule has 0 heterocycles. The van der Waals surface area contributed by atoms with Crippen LogP contribution in [0.3, 0.4) is 0 Å². The molecule has 0 aromatic carbocycles.